The summed E-state index contributed by atoms with van der Waals surface area (Å²) in [6, 6.07) is 4.93. The van der Waals surface area contributed by atoms with Crippen LogP contribution in [0.15, 0.2) is 18.2 Å². The third-order valence-corrected chi connectivity index (χ3v) is 3.51. The van der Waals surface area contributed by atoms with E-state index in [-0.39, 0.29) is 23.9 Å². The molecule has 1 amide bonds. The second-order valence-corrected chi connectivity index (χ2v) is 4.96. The summed E-state index contributed by atoms with van der Waals surface area (Å²) in [5.41, 5.74) is 0.439. The normalized spacial score (nSPS) is 12.0. The third kappa shape index (κ3) is 3.85. The molecule has 0 spiro atoms. The zero-order valence-electron chi connectivity index (χ0n) is 10.7. The molecule has 4 nitrogen and oxygen atoms in total. The van der Waals surface area contributed by atoms with Crippen LogP contribution >= 0.6 is 23.2 Å². The minimum absolute atomic E-state index is 0.0576. The number of benzene rings is 1. The molecule has 0 aliphatic rings. The van der Waals surface area contributed by atoms with Crippen LogP contribution < -0.4 is 4.90 Å². The number of rotatable bonds is 5. The van der Waals surface area contributed by atoms with Gasteiger partial charge >= 0.3 is 5.97 Å². The van der Waals surface area contributed by atoms with Crippen molar-refractivity contribution in [3.63, 3.8) is 0 Å². The molecule has 6 heteroatoms. The maximum Gasteiger partial charge on any atom is 0.308 e. The molecular formula is C13H15Cl2NO3. The van der Waals surface area contributed by atoms with E-state index in [2.05, 4.69) is 0 Å². The minimum atomic E-state index is -0.966. The number of nitrogens with zero attached hydrogens (tertiary/aromatic N) is 1. The lowest BCUT2D eigenvalue weighted by molar-refractivity contribution is -0.140. The molecule has 1 aromatic rings. The lowest BCUT2D eigenvalue weighted by Crippen LogP contribution is -2.36. The Kier molecular flexibility index (Phi) is 5.63. The maximum atomic E-state index is 12.0. The largest absolute Gasteiger partial charge is 0.481 e. The van der Waals surface area contributed by atoms with Crippen molar-refractivity contribution in [2.75, 3.05) is 11.4 Å². The summed E-state index contributed by atoms with van der Waals surface area (Å²) in [4.78, 5) is 24.3. The summed E-state index contributed by atoms with van der Waals surface area (Å²) in [6.45, 7) is 3.30. The van der Waals surface area contributed by atoms with Gasteiger partial charge in [0.05, 0.1) is 21.7 Å². The van der Waals surface area contributed by atoms with Crippen molar-refractivity contribution in [1.82, 2.24) is 0 Å². The summed E-state index contributed by atoms with van der Waals surface area (Å²) < 4.78 is 0. The van der Waals surface area contributed by atoms with Gasteiger partial charge in [-0.2, -0.15) is 0 Å². The van der Waals surface area contributed by atoms with Gasteiger partial charge in [0.25, 0.3) is 0 Å². The highest BCUT2D eigenvalue weighted by Gasteiger charge is 2.23. The van der Waals surface area contributed by atoms with E-state index in [4.69, 9.17) is 28.3 Å². The van der Waals surface area contributed by atoms with Gasteiger partial charge in [-0.3, -0.25) is 9.59 Å². The molecule has 1 aromatic carbocycles. The Morgan fingerprint density at radius 2 is 2.00 bits per heavy atom. The number of carbonyl (C=O) groups is 2. The van der Waals surface area contributed by atoms with E-state index in [1.807, 2.05) is 0 Å². The van der Waals surface area contributed by atoms with Crippen LogP contribution in [0.3, 0.4) is 0 Å². The highest BCUT2D eigenvalue weighted by atomic mass is 35.5. The van der Waals surface area contributed by atoms with Gasteiger partial charge in [0.2, 0.25) is 5.91 Å². The molecular weight excluding hydrogens is 289 g/mol. The van der Waals surface area contributed by atoms with Gasteiger partial charge in [0.1, 0.15) is 0 Å². The third-order valence-electron chi connectivity index (χ3n) is 2.70. The SMILES string of the molecule is CCC(=O)N(CC(C)C(=O)O)c1cccc(Cl)c1Cl. The fraction of sp³-hybridized carbons (Fsp3) is 0.385. The zero-order chi connectivity index (χ0) is 14.6. The van der Waals surface area contributed by atoms with Gasteiger partial charge < -0.3 is 10.0 Å². The van der Waals surface area contributed by atoms with Gasteiger partial charge in [-0.05, 0) is 12.1 Å². The Balaban J connectivity index is 3.13. The number of amides is 1. The number of carbonyl (C=O) groups excluding carboxylic acids is 1. The molecule has 0 bridgehead atoms. The van der Waals surface area contributed by atoms with Crippen LogP contribution in [-0.4, -0.2) is 23.5 Å². The van der Waals surface area contributed by atoms with Crippen LogP contribution in [0.2, 0.25) is 10.0 Å². The van der Waals surface area contributed by atoms with Crippen LogP contribution in [0.4, 0.5) is 5.69 Å². The molecule has 1 unspecified atom stereocenters. The highest BCUT2D eigenvalue weighted by molar-refractivity contribution is 6.44. The number of hydrogen-bond acceptors (Lipinski definition) is 2. The van der Waals surface area contributed by atoms with Crippen molar-refractivity contribution in [1.29, 1.82) is 0 Å². The summed E-state index contributed by atoms with van der Waals surface area (Å²) in [5.74, 6) is -1.85. The number of halogens is 2. The number of anilines is 1. The van der Waals surface area contributed by atoms with Crippen molar-refractivity contribution < 1.29 is 14.7 Å². The van der Waals surface area contributed by atoms with E-state index in [1.165, 1.54) is 11.8 Å². The summed E-state index contributed by atoms with van der Waals surface area (Å²) in [5, 5.41) is 9.54. The van der Waals surface area contributed by atoms with Crippen LogP contribution in [0.25, 0.3) is 0 Å². The lowest BCUT2D eigenvalue weighted by Gasteiger charge is -2.25. The summed E-state index contributed by atoms with van der Waals surface area (Å²) >= 11 is 12.0. The zero-order valence-corrected chi connectivity index (χ0v) is 12.2. The molecule has 0 radical (unpaired) electrons. The molecule has 0 aromatic heterocycles. The van der Waals surface area contributed by atoms with E-state index >= 15 is 0 Å². The monoisotopic (exact) mass is 303 g/mol. The van der Waals surface area contributed by atoms with Gasteiger partial charge in [-0.25, -0.2) is 0 Å². The van der Waals surface area contributed by atoms with E-state index in [9.17, 15) is 9.59 Å². The Labute approximate surface area is 121 Å². The van der Waals surface area contributed by atoms with Crippen LogP contribution in [0.1, 0.15) is 20.3 Å². The second-order valence-electron chi connectivity index (χ2n) is 4.17. The fourth-order valence-electron chi connectivity index (χ4n) is 1.58. The molecule has 19 heavy (non-hydrogen) atoms. The first-order chi connectivity index (χ1) is 8.88. The summed E-state index contributed by atoms with van der Waals surface area (Å²) in [6.07, 6.45) is 0.259. The predicted molar refractivity (Wildman–Crippen MR) is 75.9 cm³/mol. The molecule has 1 rings (SSSR count). The molecule has 0 aliphatic carbocycles. The van der Waals surface area contributed by atoms with Crippen molar-refractivity contribution in [3.05, 3.63) is 28.2 Å². The molecule has 0 fully saturated rings. The van der Waals surface area contributed by atoms with Crippen LogP contribution in [0, 0.1) is 5.92 Å². The number of aliphatic carboxylic acids is 1. The highest BCUT2D eigenvalue weighted by Crippen LogP contribution is 2.33. The van der Waals surface area contributed by atoms with E-state index in [0.29, 0.717) is 10.7 Å². The molecule has 0 heterocycles. The van der Waals surface area contributed by atoms with Gasteiger partial charge in [-0.15, -0.1) is 0 Å². The number of carboxylic acid groups (broad SMARTS) is 1. The second kappa shape index (κ2) is 6.78. The molecule has 0 aliphatic heterocycles. The van der Waals surface area contributed by atoms with Crippen LogP contribution in [0.5, 0.6) is 0 Å². The lowest BCUT2D eigenvalue weighted by atomic mass is 10.1. The molecule has 0 saturated carbocycles. The average molecular weight is 304 g/mol. The first kappa shape index (κ1) is 15.8. The van der Waals surface area contributed by atoms with Crippen molar-refractivity contribution >= 4 is 40.8 Å². The smallest absolute Gasteiger partial charge is 0.308 e. The molecule has 0 saturated heterocycles. The first-order valence-electron chi connectivity index (χ1n) is 5.85. The quantitative estimate of drug-likeness (QED) is 0.906. The van der Waals surface area contributed by atoms with E-state index < -0.39 is 11.9 Å². The van der Waals surface area contributed by atoms with Crippen molar-refractivity contribution in [2.24, 2.45) is 5.92 Å². The topological polar surface area (TPSA) is 57.6 Å². The Morgan fingerprint density at radius 1 is 1.37 bits per heavy atom. The van der Waals surface area contributed by atoms with Crippen LogP contribution in [-0.2, 0) is 9.59 Å². The van der Waals surface area contributed by atoms with Crippen molar-refractivity contribution in [3.8, 4) is 0 Å². The Morgan fingerprint density at radius 3 is 2.53 bits per heavy atom. The minimum Gasteiger partial charge on any atom is -0.481 e. The Bertz CT molecular complexity index is 491. The van der Waals surface area contributed by atoms with Gasteiger partial charge in [-0.1, -0.05) is 43.1 Å². The Hall–Kier alpha value is -1.26. The predicted octanol–water partition coefficient (Wildman–Crippen LogP) is 3.46. The van der Waals surface area contributed by atoms with Gasteiger partial charge in [0.15, 0.2) is 0 Å². The molecule has 1 N–H and O–H groups in total. The average Bonchev–Trinajstić information content (AvgIpc) is 2.38. The molecule has 104 valence electrons. The van der Waals surface area contributed by atoms with Crippen molar-refractivity contribution in [2.45, 2.75) is 20.3 Å². The molecule has 1 atom stereocenters. The first-order valence-corrected chi connectivity index (χ1v) is 6.61. The van der Waals surface area contributed by atoms with E-state index in [0.717, 1.165) is 0 Å². The van der Waals surface area contributed by atoms with E-state index in [1.54, 1.807) is 25.1 Å². The maximum absolute atomic E-state index is 12.0. The number of carboxylic acids is 1. The number of hydrogen-bond donors (Lipinski definition) is 1. The standard InChI is InChI=1S/C13H15Cl2NO3/c1-3-11(17)16(7-8(2)13(18)19)10-6-4-5-9(14)12(10)15/h4-6,8H,3,7H2,1-2H3,(H,18,19). The van der Waals surface area contributed by atoms with Gasteiger partial charge in [0, 0.05) is 13.0 Å². The fourth-order valence-corrected chi connectivity index (χ4v) is 1.98. The summed E-state index contributed by atoms with van der Waals surface area (Å²) in [7, 11) is 0.